The summed E-state index contributed by atoms with van der Waals surface area (Å²) in [5, 5.41) is 8.27. The van der Waals surface area contributed by atoms with Crippen LogP contribution in [0, 0.1) is 5.82 Å². The fraction of sp³-hybridized carbons (Fsp3) is 0.333. The molecule has 1 aliphatic carbocycles. The maximum Gasteiger partial charge on any atom is 0.304 e. The number of benzene rings is 2. The maximum absolute atomic E-state index is 13.4. The fourth-order valence-corrected chi connectivity index (χ4v) is 5.84. The second-order valence-electron chi connectivity index (χ2n) is 7.26. The van der Waals surface area contributed by atoms with Gasteiger partial charge in [-0.15, -0.1) is 0 Å². The van der Waals surface area contributed by atoms with Crippen LogP contribution in [0.5, 0.6) is 11.5 Å². The quantitative estimate of drug-likeness (QED) is 0.553. The van der Waals surface area contributed by atoms with Crippen LogP contribution in [0.2, 0.25) is 0 Å². The van der Waals surface area contributed by atoms with E-state index in [1.54, 1.807) is 0 Å². The highest BCUT2D eigenvalue weighted by molar-refractivity contribution is 7.89. The first-order chi connectivity index (χ1) is 14.6. The Morgan fingerprint density at radius 1 is 1.03 bits per heavy atom. The molecule has 3 rings (SSSR count). The minimum Gasteiger partial charge on any atom is -0.481 e. The molecule has 166 valence electrons. The molecule has 0 unspecified atom stereocenters. The molecule has 1 aliphatic rings. The van der Waals surface area contributed by atoms with Crippen molar-refractivity contribution in [3.8, 4) is 11.5 Å². The first-order valence-corrected chi connectivity index (χ1v) is 11.4. The zero-order chi connectivity index (χ0) is 22.6. The maximum atomic E-state index is 13.4. The largest absolute Gasteiger partial charge is 0.481 e. The highest BCUT2D eigenvalue weighted by Crippen LogP contribution is 2.40. The lowest BCUT2D eigenvalue weighted by molar-refractivity contribution is -0.137. The Morgan fingerprint density at radius 2 is 1.55 bits per heavy atom. The zero-order valence-corrected chi connectivity index (χ0v) is 18.0. The monoisotopic (exact) mass is 469 g/mol. The van der Waals surface area contributed by atoms with Crippen LogP contribution in [0.3, 0.4) is 0 Å². The molecule has 31 heavy (non-hydrogen) atoms. The minimum atomic E-state index is -4.22. The van der Waals surface area contributed by atoms with Gasteiger partial charge >= 0.3 is 5.97 Å². The highest BCUT2D eigenvalue weighted by atomic mass is 35.5. The number of ether oxygens (including phenoxy) is 1. The van der Waals surface area contributed by atoms with E-state index in [1.807, 2.05) is 0 Å². The van der Waals surface area contributed by atoms with Crippen molar-refractivity contribution in [2.45, 2.75) is 42.5 Å². The molecule has 0 radical (unpaired) electrons. The number of halogens is 2. The molecule has 0 spiro atoms. The van der Waals surface area contributed by atoms with Gasteiger partial charge in [-0.1, -0.05) is 12.8 Å². The number of rotatable bonds is 9. The average Bonchev–Trinajstić information content (AvgIpc) is 3.21. The number of aliphatic carboxylic acids is 1. The molecule has 1 N–H and O–H groups in total. The van der Waals surface area contributed by atoms with Crippen LogP contribution in [-0.2, 0) is 19.6 Å². The zero-order valence-electron chi connectivity index (χ0n) is 16.5. The van der Waals surface area contributed by atoms with Crippen LogP contribution >= 0.6 is 11.6 Å². The number of hydrogen-bond donors (Lipinski definition) is 1. The van der Waals surface area contributed by atoms with E-state index in [-0.39, 0.29) is 24.3 Å². The van der Waals surface area contributed by atoms with Gasteiger partial charge in [0.25, 0.3) is 0 Å². The Bertz CT molecular complexity index is 1050. The van der Waals surface area contributed by atoms with Gasteiger partial charge in [-0.05, 0) is 73.0 Å². The van der Waals surface area contributed by atoms with Gasteiger partial charge in [-0.3, -0.25) is 9.59 Å². The molecule has 0 saturated heterocycles. The van der Waals surface area contributed by atoms with E-state index in [0.29, 0.717) is 24.3 Å². The van der Waals surface area contributed by atoms with E-state index in [9.17, 15) is 22.4 Å². The van der Waals surface area contributed by atoms with Crippen LogP contribution in [0.4, 0.5) is 4.39 Å². The Hall–Kier alpha value is -2.49. The summed E-state index contributed by atoms with van der Waals surface area (Å²) in [5.74, 6) is -0.896. The molecule has 10 heteroatoms. The Balaban J connectivity index is 1.90. The van der Waals surface area contributed by atoms with Crippen molar-refractivity contribution in [1.82, 2.24) is 4.31 Å². The van der Waals surface area contributed by atoms with Crippen molar-refractivity contribution in [2.24, 2.45) is 0 Å². The van der Waals surface area contributed by atoms with Crippen LogP contribution in [0.15, 0.2) is 53.4 Å². The lowest BCUT2D eigenvalue weighted by Crippen LogP contribution is -2.54. The number of nitrogens with zero attached hydrogens (tertiary/aromatic N) is 1. The van der Waals surface area contributed by atoms with E-state index in [2.05, 4.69) is 0 Å². The molecule has 0 amide bonds. The molecular formula is C21H21ClFNO6S. The van der Waals surface area contributed by atoms with Gasteiger partial charge in [-0.2, -0.15) is 4.31 Å². The second kappa shape index (κ2) is 9.33. The number of hydrogen-bond acceptors (Lipinski definition) is 5. The summed E-state index contributed by atoms with van der Waals surface area (Å²) in [6.07, 6.45) is 1.24. The topological polar surface area (TPSA) is 101 Å². The lowest BCUT2D eigenvalue weighted by Gasteiger charge is -2.37. The summed E-state index contributed by atoms with van der Waals surface area (Å²) in [6, 6.07) is 10.8. The number of sulfonamides is 1. The Labute approximate surface area is 184 Å². The van der Waals surface area contributed by atoms with Crippen molar-refractivity contribution < 1.29 is 32.2 Å². The Kier molecular flexibility index (Phi) is 6.98. The predicted molar refractivity (Wildman–Crippen MR) is 111 cm³/mol. The number of carboxylic acids is 1. The van der Waals surface area contributed by atoms with E-state index >= 15 is 0 Å². The van der Waals surface area contributed by atoms with Crippen molar-refractivity contribution in [1.29, 1.82) is 0 Å². The number of carbonyl (C=O) groups is 2. The summed E-state index contributed by atoms with van der Waals surface area (Å²) in [7, 11) is -4.22. The van der Waals surface area contributed by atoms with Crippen LogP contribution in [0.1, 0.15) is 32.1 Å². The second-order valence-corrected chi connectivity index (χ2v) is 9.47. The van der Waals surface area contributed by atoms with Crippen molar-refractivity contribution in [3.63, 3.8) is 0 Å². The molecule has 0 atom stereocenters. The molecule has 7 nitrogen and oxygen atoms in total. The van der Waals surface area contributed by atoms with Crippen LogP contribution in [-0.4, -0.2) is 41.1 Å². The summed E-state index contributed by atoms with van der Waals surface area (Å²) in [6.45, 7) is -0.371. The van der Waals surface area contributed by atoms with Gasteiger partial charge in [0, 0.05) is 6.54 Å². The lowest BCUT2D eigenvalue weighted by atomic mass is 9.99. The molecule has 2 aromatic carbocycles. The molecule has 1 saturated carbocycles. The van der Waals surface area contributed by atoms with Gasteiger partial charge in [-0.25, -0.2) is 12.8 Å². The van der Waals surface area contributed by atoms with Crippen molar-refractivity contribution in [2.75, 3.05) is 6.54 Å². The van der Waals surface area contributed by atoms with Gasteiger partial charge in [0.15, 0.2) is 0 Å². The van der Waals surface area contributed by atoms with E-state index < -0.39 is 39.0 Å². The normalized spacial score (nSPS) is 15.7. The summed E-state index contributed by atoms with van der Waals surface area (Å²) >= 11 is 5.83. The molecule has 0 heterocycles. The van der Waals surface area contributed by atoms with Crippen LogP contribution < -0.4 is 4.74 Å². The van der Waals surface area contributed by atoms with Gasteiger partial charge in [0.1, 0.15) is 22.9 Å². The summed E-state index contributed by atoms with van der Waals surface area (Å²) in [4.78, 5) is 23.3. The summed E-state index contributed by atoms with van der Waals surface area (Å²) in [5.41, 5.74) is -1.46. The predicted octanol–water partition coefficient (Wildman–Crippen LogP) is 4.16. The van der Waals surface area contributed by atoms with Gasteiger partial charge in [0.05, 0.1) is 11.3 Å². The van der Waals surface area contributed by atoms with Crippen molar-refractivity contribution >= 4 is 32.8 Å². The van der Waals surface area contributed by atoms with Crippen LogP contribution in [0.25, 0.3) is 0 Å². The van der Waals surface area contributed by atoms with E-state index in [4.69, 9.17) is 21.4 Å². The average molecular weight is 470 g/mol. The molecule has 0 aromatic heterocycles. The first-order valence-electron chi connectivity index (χ1n) is 9.63. The van der Waals surface area contributed by atoms with E-state index in [0.717, 1.165) is 4.31 Å². The van der Waals surface area contributed by atoms with E-state index in [1.165, 1.54) is 48.5 Å². The molecule has 1 fully saturated rings. The molecule has 2 aromatic rings. The minimum absolute atomic E-state index is 0.117. The summed E-state index contributed by atoms with van der Waals surface area (Å²) < 4.78 is 46.3. The van der Waals surface area contributed by atoms with Crippen molar-refractivity contribution in [3.05, 3.63) is 54.3 Å². The third-order valence-electron chi connectivity index (χ3n) is 5.26. The standard InChI is InChI=1S/C21H21ClFNO6S/c22-20(27)21(12-1-2-13-21)24(14-11-19(25)26)31(28,29)18-9-7-17(8-10-18)30-16-5-3-15(23)4-6-16/h3-10H,1-2,11-14H2,(H,25,26). The highest BCUT2D eigenvalue weighted by Gasteiger charge is 2.50. The first kappa shape index (κ1) is 23.2. The molecule has 0 bridgehead atoms. The number of carbonyl (C=O) groups excluding carboxylic acids is 1. The fourth-order valence-electron chi connectivity index (χ4n) is 3.71. The Morgan fingerprint density at radius 3 is 2.03 bits per heavy atom. The number of carboxylic acid groups (broad SMARTS) is 1. The molecule has 0 aliphatic heterocycles. The smallest absolute Gasteiger partial charge is 0.304 e. The third-order valence-corrected chi connectivity index (χ3v) is 7.60. The van der Waals surface area contributed by atoms with Gasteiger partial charge in [0.2, 0.25) is 15.3 Å². The third kappa shape index (κ3) is 5.06. The SMILES string of the molecule is O=C(O)CCN(C1(C(=O)Cl)CCCC1)S(=O)(=O)c1ccc(Oc2ccc(F)cc2)cc1. The van der Waals surface area contributed by atoms with Gasteiger partial charge < -0.3 is 9.84 Å². The molecular weight excluding hydrogens is 449 g/mol.